The summed E-state index contributed by atoms with van der Waals surface area (Å²) >= 11 is 5.66. The molecule has 1 aromatic rings. The van der Waals surface area contributed by atoms with E-state index < -0.39 is 16.0 Å². The first-order valence-corrected chi connectivity index (χ1v) is 8.57. The van der Waals surface area contributed by atoms with Crippen LogP contribution in [0.15, 0.2) is 18.2 Å². The first-order valence-electron chi connectivity index (χ1n) is 6.75. The molecule has 0 aromatic heterocycles. The molecule has 21 heavy (non-hydrogen) atoms. The first-order chi connectivity index (χ1) is 9.94. The zero-order valence-electron chi connectivity index (χ0n) is 11.4. The summed E-state index contributed by atoms with van der Waals surface area (Å²) in [6.45, 7) is 0.227. The Kier molecular flexibility index (Phi) is 5.56. The zero-order valence-corrected chi connectivity index (χ0v) is 13.0. The van der Waals surface area contributed by atoms with Crippen molar-refractivity contribution in [1.29, 1.82) is 0 Å². The van der Waals surface area contributed by atoms with Crippen molar-refractivity contribution in [3.63, 3.8) is 0 Å². The van der Waals surface area contributed by atoms with Gasteiger partial charge in [-0.3, -0.25) is 0 Å². The smallest absolute Gasteiger partial charge is 0.280 e. The molecule has 5 nitrogen and oxygen atoms in total. The number of nitrogens with zero attached hydrogens (tertiary/aromatic N) is 1. The van der Waals surface area contributed by atoms with E-state index in [0.29, 0.717) is 18.5 Å². The lowest BCUT2D eigenvalue weighted by molar-refractivity contribution is 0.154. The van der Waals surface area contributed by atoms with Gasteiger partial charge in [-0.25, -0.2) is 4.39 Å². The van der Waals surface area contributed by atoms with Crippen LogP contribution in [0.2, 0.25) is 5.02 Å². The van der Waals surface area contributed by atoms with Crippen LogP contribution in [-0.4, -0.2) is 37.0 Å². The second-order valence-electron chi connectivity index (χ2n) is 5.02. The predicted octanol–water partition coefficient (Wildman–Crippen LogP) is 1.66. The van der Waals surface area contributed by atoms with Crippen LogP contribution in [0.1, 0.15) is 24.8 Å². The van der Waals surface area contributed by atoms with Crippen molar-refractivity contribution in [1.82, 2.24) is 9.03 Å². The Hall–Kier alpha value is -0.730. The Morgan fingerprint density at radius 2 is 2.19 bits per heavy atom. The molecule has 0 aliphatic carbocycles. The van der Waals surface area contributed by atoms with Gasteiger partial charge < -0.3 is 5.11 Å². The number of hydrogen-bond acceptors (Lipinski definition) is 3. The highest BCUT2D eigenvalue weighted by molar-refractivity contribution is 7.87. The van der Waals surface area contributed by atoms with Gasteiger partial charge in [0.1, 0.15) is 5.82 Å². The van der Waals surface area contributed by atoms with Crippen LogP contribution in [-0.2, 0) is 16.8 Å². The van der Waals surface area contributed by atoms with Gasteiger partial charge in [-0.15, -0.1) is 0 Å². The van der Waals surface area contributed by atoms with Crippen LogP contribution in [0.3, 0.4) is 0 Å². The Morgan fingerprint density at radius 3 is 2.86 bits per heavy atom. The van der Waals surface area contributed by atoms with Gasteiger partial charge in [0.2, 0.25) is 0 Å². The predicted molar refractivity (Wildman–Crippen MR) is 78.6 cm³/mol. The average Bonchev–Trinajstić information content (AvgIpc) is 2.48. The number of hydrogen-bond donors (Lipinski definition) is 2. The Balaban J connectivity index is 2.04. The lowest BCUT2D eigenvalue weighted by Crippen LogP contribution is -2.50. The summed E-state index contributed by atoms with van der Waals surface area (Å²) < 4.78 is 41.4. The lowest BCUT2D eigenvalue weighted by atomic mass is 10.1. The standard InChI is InChI=1S/C13H18ClFN2O3S/c14-12-7-10(4-5-13(12)15)8-16-21(19,20)17-6-2-1-3-11(17)9-18/h4-5,7,11,16,18H,1-3,6,8-9H2. The van der Waals surface area contributed by atoms with Crippen molar-refractivity contribution in [2.45, 2.75) is 31.8 Å². The van der Waals surface area contributed by atoms with Crippen molar-refractivity contribution in [3.05, 3.63) is 34.6 Å². The van der Waals surface area contributed by atoms with Crippen LogP contribution in [0.25, 0.3) is 0 Å². The molecule has 0 amide bonds. The molecule has 0 spiro atoms. The minimum Gasteiger partial charge on any atom is -0.395 e. The molecule has 1 heterocycles. The van der Waals surface area contributed by atoms with Crippen molar-refractivity contribution < 1.29 is 17.9 Å². The lowest BCUT2D eigenvalue weighted by Gasteiger charge is -2.33. The molecule has 0 radical (unpaired) electrons. The number of halogens is 2. The summed E-state index contributed by atoms with van der Waals surface area (Å²) in [7, 11) is -3.68. The van der Waals surface area contributed by atoms with Gasteiger partial charge in [-0.1, -0.05) is 24.1 Å². The highest BCUT2D eigenvalue weighted by Crippen LogP contribution is 2.20. The molecular formula is C13H18ClFN2O3S. The second kappa shape index (κ2) is 7.02. The van der Waals surface area contributed by atoms with Gasteiger partial charge in [0.15, 0.2) is 0 Å². The quantitative estimate of drug-likeness (QED) is 0.859. The van der Waals surface area contributed by atoms with Crippen LogP contribution in [0.5, 0.6) is 0 Å². The topological polar surface area (TPSA) is 69.6 Å². The normalized spacial score (nSPS) is 20.6. The summed E-state index contributed by atoms with van der Waals surface area (Å²) in [5, 5.41) is 9.24. The van der Waals surface area contributed by atoms with E-state index in [1.807, 2.05) is 0 Å². The highest BCUT2D eigenvalue weighted by Gasteiger charge is 2.31. The minimum absolute atomic E-state index is 0.0248. The third-order valence-corrected chi connectivity index (χ3v) is 5.43. The number of aliphatic hydroxyl groups excluding tert-OH is 1. The van der Waals surface area contributed by atoms with E-state index in [0.717, 1.165) is 12.8 Å². The van der Waals surface area contributed by atoms with E-state index in [1.165, 1.54) is 22.5 Å². The highest BCUT2D eigenvalue weighted by atomic mass is 35.5. The molecule has 0 bridgehead atoms. The molecule has 1 aliphatic heterocycles. The molecule has 118 valence electrons. The maximum absolute atomic E-state index is 13.1. The van der Waals surface area contributed by atoms with E-state index in [1.54, 1.807) is 0 Å². The van der Waals surface area contributed by atoms with E-state index in [9.17, 15) is 17.9 Å². The average molecular weight is 337 g/mol. The zero-order chi connectivity index (χ0) is 15.5. The molecule has 2 rings (SSSR count). The molecule has 1 atom stereocenters. The monoisotopic (exact) mass is 336 g/mol. The van der Waals surface area contributed by atoms with Crippen LogP contribution in [0.4, 0.5) is 4.39 Å². The summed E-state index contributed by atoms with van der Waals surface area (Å²) in [6, 6.07) is 3.68. The van der Waals surface area contributed by atoms with E-state index in [2.05, 4.69) is 4.72 Å². The SMILES string of the molecule is O=S(=O)(NCc1ccc(F)c(Cl)c1)N1CCCCC1CO. The summed E-state index contributed by atoms with van der Waals surface area (Å²) in [6.07, 6.45) is 2.34. The summed E-state index contributed by atoms with van der Waals surface area (Å²) in [5.74, 6) is -0.542. The number of piperidine rings is 1. The summed E-state index contributed by atoms with van der Waals surface area (Å²) in [4.78, 5) is 0. The third kappa shape index (κ3) is 4.14. The van der Waals surface area contributed by atoms with Crippen molar-refractivity contribution in [2.75, 3.05) is 13.2 Å². The Labute approximate surface area is 128 Å². The van der Waals surface area contributed by atoms with Gasteiger partial charge in [-0.05, 0) is 30.5 Å². The fraction of sp³-hybridized carbons (Fsp3) is 0.538. The van der Waals surface area contributed by atoms with Crippen molar-refractivity contribution >= 4 is 21.8 Å². The maximum Gasteiger partial charge on any atom is 0.280 e. The third-order valence-electron chi connectivity index (χ3n) is 3.54. The molecule has 1 saturated heterocycles. The van der Waals surface area contributed by atoms with Gasteiger partial charge in [0, 0.05) is 19.1 Å². The molecule has 2 N–H and O–H groups in total. The second-order valence-corrected chi connectivity index (χ2v) is 7.13. The molecule has 1 fully saturated rings. The molecule has 0 saturated carbocycles. The first kappa shape index (κ1) is 16.6. The van der Waals surface area contributed by atoms with Gasteiger partial charge in [-0.2, -0.15) is 17.4 Å². The van der Waals surface area contributed by atoms with Crippen molar-refractivity contribution in [2.24, 2.45) is 0 Å². The molecule has 1 aromatic carbocycles. The molecule has 1 aliphatic rings. The summed E-state index contributed by atoms with van der Waals surface area (Å²) in [5.41, 5.74) is 0.572. The van der Waals surface area contributed by atoms with E-state index in [4.69, 9.17) is 11.6 Å². The maximum atomic E-state index is 13.1. The molecular weight excluding hydrogens is 319 g/mol. The van der Waals surface area contributed by atoms with E-state index >= 15 is 0 Å². The number of nitrogens with one attached hydrogen (secondary N) is 1. The van der Waals surface area contributed by atoms with Crippen molar-refractivity contribution in [3.8, 4) is 0 Å². The Bertz CT molecular complexity index is 597. The fourth-order valence-corrected chi connectivity index (χ4v) is 4.03. The number of benzene rings is 1. The minimum atomic E-state index is -3.68. The molecule has 8 heteroatoms. The largest absolute Gasteiger partial charge is 0.395 e. The van der Waals surface area contributed by atoms with Crippen LogP contribution >= 0.6 is 11.6 Å². The van der Waals surface area contributed by atoms with E-state index in [-0.39, 0.29) is 24.2 Å². The number of rotatable bonds is 5. The van der Waals surface area contributed by atoms with Gasteiger partial charge in [0.25, 0.3) is 10.2 Å². The Morgan fingerprint density at radius 1 is 1.43 bits per heavy atom. The fourth-order valence-electron chi connectivity index (χ4n) is 2.38. The molecule has 1 unspecified atom stereocenters. The van der Waals surface area contributed by atoms with Crippen LogP contribution < -0.4 is 4.72 Å². The number of aliphatic hydroxyl groups is 1. The van der Waals surface area contributed by atoms with Crippen LogP contribution in [0, 0.1) is 5.82 Å². The van der Waals surface area contributed by atoms with Gasteiger partial charge >= 0.3 is 0 Å². The van der Waals surface area contributed by atoms with Gasteiger partial charge in [0.05, 0.1) is 11.6 Å².